The van der Waals surface area contributed by atoms with E-state index in [0.717, 1.165) is 11.4 Å². The fraction of sp³-hybridized carbons (Fsp3) is 0.316. The van der Waals surface area contributed by atoms with E-state index in [2.05, 4.69) is 25.6 Å². The quantitative estimate of drug-likeness (QED) is 0.612. The maximum atomic E-state index is 10.9. The van der Waals surface area contributed by atoms with Crippen LogP contribution in [-0.4, -0.2) is 25.9 Å². The minimum Gasteiger partial charge on any atom is -0.324 e. The van der Waals surface area contributed by atoms with E-state index in [9.17, 15) is 10.1 Å². The number of para-hydroxylation sites is 1. The van der Waals surface area contributed by atoms with Crippen LogP contribution in [0, 0.1) is 10.1 Å². The van der Waals surface area contributed by atoms with Gasteiger partial charge in [0.05, 0.1) is 0 Å². The van der Waals surface area contributed by atoms with E-state index in [4.69, 9.17) is 0 Å². The molecule has 0 bridgehead atoms. The van der Waals surface area contributed by atoms with E-state index in [1.807, 2.05) is 51.1 Å². The van der Waals surface area contributed by atoms with Gasteiger partial charge in [0.15, 0.2) is 0 Å². The molecule has 1 aromatic heterocycles. The van der Waals surface area contributed by atoms with E-state index >= 15 is 0 Å². The Morgan fingerprint density at radius 2 is 1.74 bits per heavy atom. The molecule has 140 valence electrons. The molecule has 1 atom stereocenters. The minimum atomic E-state index is -0.686. The molecular weight excluding hydrogens is 344 g/mol. The highest BCUT2D eigenvalue weighted by Gasteiger charge is 2.21. The molecule has 0 fully saturated rings. The van der Waals surface area contributed by atoms with Gasteiger partial charge in [0.1, 0.15) is 5.82 Å². The summed E-state index contributed by atoms with van der Waals surface area (Å²) in [6, 6.07) is 8.96. The smallest absolute Gasteiger partial charge is 0.235 e. The van der Waals surface area contributed by atoms with Crippen molar-refractivity contribution in [3.05, 3.63) is 70.2 Å². The largest absolute Gasteiger partial charge is 0.324 e. The van der Waals surface area contributed by atoms with Gasteiger partial charge in [-0.3, -0.25) is 10.1 Å². The SMILES string of the molecule is CC(C)(C)c1nc(NC2=CCC([N+](=O)[O-])C=C2)nc(Nc2ccccc2)n1. The zero-order valence-corrected chi connectivity index (χ0v) is 15.5. The van der Waals surface area contributed by atoms with Gasteiger partial charge < -0.3 is 10.6 Å². The number of nitro groups is 1. The standard InChI is InChI=1S/C19H22N6O2/c1-19(2,3)16-22-17(20-13-7-5-4-6-8-13)24-18(23-16)21-14-9-11-15(12-10-14)25(26)27/h4-11,15H,12H2,1-3H3,(H2,20,21,22,23,24). The Hall–Kier alpha value is -3.29. The van der Waals surface area contributed by atoms with Crippen LogP contribution < -0.4 is 10.6 Å². The van der Waals surface area contributed by atoms with Crippen LogP contribution in [0.25, 0.3) is 0 Å². The van der Waals surface area contributed by atoms with E-state index < -0.39 is 6.04 Å². The van der Waals surface area contributed by atoms with Crippen molar-refractivity contribution in [2.24, 2.45) is 0 Å². The maximum Gasteiger partial charge on any atom is 0.235 e. The second-order valence-corrected chi connectivity index (χ2v) is 7.28. The number of nitrogens with one attached hydrogen (secondary N) is 2. The molecule has 8 heteroatoms. The van der Waals surface area contributed by atoms with Crippen molar-refractivity contribution < 1.29 is 4.92 Å². The Kier molecular flexibility index (Phi) is 5.16. The number of allylic oxidation sites excluding steroid dienone is 1. The van der Waals surface area contributed by atoms with E-state index in [0.29, 0.717) is 24.1 Å². The van der Waals surface area contributed by atoms with Crippen LogP contribution in [-0.2, 0) is 5.41 Å². The number of hydrogen-bond donors (Lipinski definition) is 2. The second kappa shape index (κ2) is 7.53. The second-order valence-electron chi connectivity index (χ2n) is 7.28. The molecule has 8 nitrogen and oxygen atoms in total. The van der Waals surface area contributed by atoms with Crippen LogP contribution in [0.5, 0.6) is 0 Å². The molecule has 0 aliphatic heterocycles. The molecular formula is C19H22N6O2. The number of nitrogens with zero attached hydrogens (tertiary/aromatic N) is 4. The van der Waals surface area contributed by atoms with Gasteiger partial charge in [-0.2, -0.15) is 15.0 Å². The number of hydrogen-bond acceptors (Lipinski definition) is 7. The fourth-order valence-electron chi connectivity index (χ4n) is 2.46. The van der Waals surface area contributed by atoms with Crippen molar-refractivity contribution in [2.45, 2.75) is 38.6 Å². The van der Waals surface area contributed by atoms with Crippen LogP contribution in [0.4, 0.5) is 17.6 Å². The molecule has 2 N–H and O–H groups in total. The highest BCUT2D eigenvalue weighted by atomic mass is 16.6. The predicted octanol–water partition coefficient (Wildman–Crippen LogP) is 3.81. The molecule has 1 heterocycles. The molecule has 27 heavy (non-hydrogen) atoms. The molecule has 1 aliphatic carbocycles. The Balaban J connectivity index is 1.85. The van der Waals surface area contributed by atoms with Crippen molar-refractivity contribution in [1.82, 2.24) is 15.0 Å². The van der Waals surface area contributed by atoms with Gasteiger partial charge in [-0.1, -0.05) is 45.0 Å². The summed E-state index contributed by atoms with van der Waals surface area (Å²) in [4.78, 5) is 24.0. The van der Waals surface area contributed by atoms with Crippen molar-refractivity contribution in [2.75, 3.05) is 10.6 Å². The summed E-state index contributed by atoms with van der Waals surface area (Å²) in [7, 11) is 0. The molecule has 0 saturated heterocycles. The molecule has 3 rings (SSSR count). The highest BCUT2D eigenvalue weighted by molar-refractivity contribution is 5.54. The number of benzene rings is 1. The average molecular weight is 366 g/mol. The van der Waals surface area contributed by atoms with E-state index in [-0.39, 0.29) is 10.3 Å². The molecule has 1 aromatic carbocycles. The lowest BCUT2D eigenvalue weighted by atomic mass is 9.96. The fourth-order valence-corrected chi connectivity index (χ4v) is 2.46. The minimum absolute atomic E-state index is 0.264. The Labute approximate surface area is 157 Å². The number of anilines is 3. The van der Waals surface area contributed by atoms with E-state index in [1.54, 1.807) is 18.2 Å². The zero-order valence-electron chi connectivity index (χ0n) is 15.5. The van der Waals surface area contributed by atoms with Gasteiger partial charge >= 0.3 is 0 Å². The first-order valence-corrected chi connectivity index (χ1v) is 8.69. The zero-order chi connectivity index (χ0) is 19.4. The van der Waals surface area contributed by atoms with Crippen molar-refractivity contribution in [1.29, 1.82) is 0 Å². The first-order chi connectivity index (χ1) is 12.8. The molecule has 0 spiro atoms. The van der Waals surface area contributed by atoms with Crippen LogP contribution >= 0.6 is 0 Å². The molecule has 0 amide bonds. The molecule has 1 aliphatic rings. The maximum absolute atomic E-state index is 10.9. The summed E-state index contributed by atoms with van der Waals surface area (Å²) in [6.45, 7) is 6.08. The average Bonchev–Trinajstić information content (AvgIpc) is 2.62. The molecule has 2 aromatic rings. The summed E-state index contributed by atoms with van der Waals surface area (Å²) in [5.41, 5.74) is 1.34. The predicted molar refractivity (Wildman–Crippen MR) is 104 cm³/mol. The first kappa shape index (κ1) is 18.5. The van der Waals surface area contributed by atoms with Crippen molar-refractivity contribution >= 4 is 17.6 Å². The topological polar surface area (TPSA) is 106 Å². The van der Waals surface area contributed by atoms with Gasteiger partial charge in [-0.05, 0) is 24.3 Å². The third-order valence-electron chi connectivity index (χ3n) is 3.94. The van der Waals surface area contributed by atoms with Crippen molar-refractivity contribution in [3.63, 3.8) is 0 Å². The summed E-state index contributed by atoms with van der Waals surface area (Å²) >= 11 is 0. The number of rotatable bonds is 5. The van der Waals surface area contributed by atoms with Crippen LogP contribution in [0.2, 0.25) is 0 Å². The van der Waals surface area contributed by atoms with Crippen molar-refractivity contribution in [3.8, 4) is 0 Å². The van der Waals surface area contributed by atoms with Crippen LogP contribution in [0.3, 0.4) is 0 Å². The summed E-state index contributed by atoms with van der Waals surface area (Å²) in [5, 5.41) is 17.2. The lowest BCUT2D eigenvalue weighted by Gasteiger charge is -2.19. The van der Waals surface area contributed by atoms with Gasteiger partial charge in [0, 0.05) is 28.1 Å². The third-order valence-corrected chi connectivity index (χ3v) is 3.94. The molecule has 0 saturated carbocycles. The summed E-state index contributed by atoms with van der Waals surface area (Å²) < 4.78 is 0. The normalized spacial score (nSPS) is 16.6. The Bertz CT molecular complexity index is 887. The Morgan fingerprint density at radius 1 is 1.07 bits per heavy atom. The lowest BCUT2D eigenvalue weighted by molar-refractivity contribution is -0.508. The lowest BCUT2D eigenvalue weighted by Crippen LogP contribution is -2.21. The summed E-state index contributed by atoms with van der Waals surface area (Å²) in [5.74, 6) is 1.47. The van der Waals surface area contributed by atoms with E-state index in [1.165, 1.54) is 0 Å². The Morgan fingerprint density at radius 3 is 2.30 bits per heavy atom. The van der Waals surface area contributed by atoms with Crippen LogP contribution in [0.15, 0.2) is 54.3 Å². The molecule has 1 unspecified atom stereocenters. The first-order valence-electron chi connectivity index (χ1n) is 8.69. The third kappa shape index (κ3) is 4.87. The molecule has 0 radical (unpaired) electrons. The summed E-state index contributed by atoms with van der Waals surface area (Å²) in [6.07, 6.45) is 5.36. The van der Waals surface area contributed by atoms with Gasteiger partial charge in [-0.15, -0.1) is 0 Å². The van der Waals surface area contributed by atoms with Crippen LogP contribution in [0.1, 0.15) is 33.0 Å². The van der Waals surface area contributed by atoms with Gasteiger partial charge in [0.2, 0.25) is 17.9 Å². The highest BCUT2D eigenvalue weighted by Crippen LogP contribution is 2.23. The van der Waals surface area contributed by atoms with Gasteiger partial charge in [0.25, 0.3) is 0 Å². The monoisotopic (exact) mass is 366 g/mol. The van der Waals surface area contributed by atoms with Gasteiger partial charge in [-0.25, -0.2) is 0 Å². The number of aromatic nitrogens is 3.